The maximum atomic E-state index is 12.6. The first-order valence-corrected chi connectivity index (χ1v) is 10.7. The van der Waals surface area contributed by atoms with Crippen molar-refractivity contribution in [2.24, 2.45) is 0 Å². The van der Waals surface area contributed by atoms with Crippen LogP contribution < -0.4 is 10.1 Å². The molecule has 1 N–H and O–H groups in total. The van der Waals surface area contributed by atoms with Gasteiger partial charge in [-0.25, -0.2) is 4.79 Å². The Hall–Kier alpha value is -3.34. The predicted molar refractivity (Wildman–Crippen MR) is 120 cm³/mol. The average molecular weight is 418 g/mol. The van der Waals surface area contributed by atoms with Gasteiger partial charge in [0.1, 0.15) is 11.3 Å². The van der Waals surface area contributed by atoms with Crippen LogP contribution in [0.4, 0.5) is 0 Å². The zero-order chi connectivity index (χ0) is 21.8. The molecule has 0 aliphatic heterocycles. The molecule has 0 bridgehead atoms. The molecule has 0 saturated heterocycles. The van der Waals surface area contributed by atoms with Gasteiger partial charge in [0.2, 0.25) is 0 Å². The van der Waals surface area contributed by atoms with Gasteiger partial charge >= 0.3 is 5.97 Å². The maximum absolute atomic E-state index is 12.6. The van der Waals surface area contributed by atoms with Crippen LogP contribution >= 0.6 is 0 Å². The van der Waals surface area contributed by atoms with Crippen LogP contribution in [0.5, 0.6) is 5.75 Å². The number of nitrogens with one attached hydrogen (secondary N) is 1. The largest absolute Gasteiger partial charge is 0.496 e. The lowest BCUT2D eigenvalue weighted by Gasteiger charge is -2.20. The van der Waals surface area contributed by atoms with E-state index in [2.05, 4.69) is 23.5 Å². The Bertz CT molecular complexity index is 1120. The van der Waals surface area contributed by atoms with Crippen molar-refractivity contribution in [3.8, 4) is 5.75 Å². The van der Waals surface area contributed by atoms with Crippen molar-refractivity contribution in [1.29, 1.82) is 0 Å². The summed E-state index contributed by atoms with van der Waals surface area (Å²) in [7, 11) is 1.51. The zero-order valence-corrected chi connectivity index (χ0v) is 17.9. The maximum Gasteiger partial charge on any atom is 0.342 e. The third kappa shape index (κ3) is 4.71. The summed E-state index contributed by atoms with van der Waals surface area (Å²) in [6.45, 7) is 1.60. The molecule has 0 fully saturated rings. The molecule has 1 aliphatic carbocycles. The van der Waals surface area contributed by atoms with Gasteiger partial charge in [-0.15, -0.1) is 0 Å². The topological polar surface area (TPSA) is 64.6 Å². The van der Waals surface area contributed by atoms with Crippen LogP contribution in [0.1, 0.15) is 52.9 Å². The molecule has 0 heterocycles. The van der Waals surface area contributed by atoms with Gasteiger partial charge < -0.3 is 14.8 Å². The van der Waals surface area contributed by atoms with Gasteiger partial charge in [0.05, 0.1) is 13.2 Å². The van der Waals surface area contributed by atoms with Crippen LogP contribution in [-0.4, -0.2) is 25.6 Å². The molecule has 0 aromatic heterocycles. The molecule has 5 nitrogen and oxygen atoms in total. The number of methoxy groups -OCH3 is 1. The number of benzene rings is 3. The minimum Gasteiger partial charge on any atom is -0.496 e. The van der Waals surface area contributed by atoms with Crippen molar-refractivity contribution in [2.75, 3.05) is 13.7 Å². The first kappa shape index (κ1) is 20.9. The molecule has 0 spiro atoms. The van der Waals surface area contributed by atoms with E-state index in [0.29, 0.717) is 11.3 Å². The minimum atomic E-state index is -0.584. The highest BCUT2D eigenvalue weighted by Gasteiger charge is 2.18. The molecule has 5 heteroatoms. The second-order valence-electron chi connectivity index (χ2n) is 8.00. The summed E-state index contributed by atoms with van der Waals surface area (Å²) < 4.78 is 10.6. The highest BCUT2D eigenvalue weighted by Crippen LogP contribution is 2.27. The van der Waals surface area contributed by atoms with Crippen LogP contribution in [0.2, 0.25) is 0 Å². The number of aryl methyl sites for hydroxylation is 2. The van der Waals surface area contributed by atoms with Crippen molar-refractivity contribution >= 4 is 22.6 Å². The lowest BCUT2D eigenvalue weighted by atomic mass is 9.89. The average Bonchev–Trinajstić information content (AvgIpc) is 2.81. The highest BCUT2D eigenvalue weighted by atomic mass is 16.5. The van der Waals surface area contributed by atoms with Gasteiger partial charge in [0, 0.05) is 0 Å². The summed E-state index contributed by atoms with van der Waals surface area (Å²) in [4.78, 5) is 25.0. The number of rotatable bonds is 6. The number of amides is 1. The number of ether oxygens (including phenoxy) is 2. The summed E-state index contributed by atoms with van der Waals surface area (Å²) >= 11 is 0. The van der Waals surface area contributed by atoms with E-state index in [-0.39, 0.29) is 18.6 Å². The van der Waals surface area contributed by atoms with E-state index in [1.807, 2.05) is 31.2 Å². The summed E-state index contributed by atoms with van der Waals surface area (Å²) in [5.41, 5.74) is 4.15. The van der Waals surface area contributed by atoms with Crippen molar-refractivity contribution in [1.82, 2.24) is 5.32 Å². The van der Waals surface area contributed by atoms with Crippen molar-refractivity contribution in [3.63, 3.8) is 0 Å². The normalized spacial score (nSPS) is 13.9. The SMILES string of the molecule is COc1cc2ccccc2cc1C(=O)OCC(=O)N[C@H](C)c1ccc2c(c1)CCCC2. The Morgan fingerprint density at radius 1 is 0.968 bits per heavy atom. The van der Waals surface area contributed by atoms with E-state index in [9.17, 15) is 9.59 Å². The number of esters is 1. The molecule has 3 aromatic rings. The van der Waals surface area contributed by atoms with E-state index in [1.165, 1.54) is 31.1 Å². The van der Waals surface area contributed by atoms with E-state index < -0.39 is 5.97 Å². The van der Waals surface area contributed by atoms with Crippen molar-refractivity contribution in [3.05, 3.63) is 76.9 Å². The van der Waals surface area contributed by atoms with E-state index >= 15 is 0 Å². The Balaban J connectivity index is 1.38. The predicted octanol–water partition coefficient (Wildman–Crippen LogP) is 4.76. The molecule has 3 aromatic carbocycles. The molecule has 0 saturated carbocycles. The van der Waals surface area contributed by atoms with Crippen LogP contribution in [0, 0.1) is 0 Å². The fourth-order valence-electron chi connectivity index (χ4n) is 4.15. The standard InChI is InChI=1S/C26H27NO4/c1-17(19-12-11-18-7-3-4-8-20(18)13-19)27-25(28)16-31-26(29)23-14-21-9-5-6-10-22(21)15-24(23)30-2/h5-6,9-15,17H,3-4,7-8,16H2,1-2H3,(H,27,28)/t17-/m1/s1. The Morgan fingerprint density at radius 3 is 2.42 bits per heavy atom. The Kier molecular flexibility index (Phi) is 6.21. The zero-order valence-electron chi connectivity index (χ0n) is 17.9. The summed E-state index contributed by atoms with van der Waals surface area (Å²) in [5, 5.41) is 4.79. The number of carbonyl (C=O) groups is 2. The van der Waals surface area contributed by atoms with Crippen molar-refractivity contribution < 1.29 is 19.1 Å². The van der Waals surface area contributed by atoms with E-state index in [0.717, 1.165) is 29.2 Å². The highest BCUT2D eigenvalue weighted by molar-refractivity contribution is 5.99. The first-order valence-electron chi connectivity index (χ1n) is 10.7. The second-order valence-corrected chi connectivity index (χ2v) is 8.00. The lowest BCUT2D eigenvalue weighted by Crippen LogP contribution is -2.31. The summed E-state index contributed by atoms with van der Waals surface area (Å²) in [6.07, 6.45) is 4.68. The van der Waals surface area contributed by atoms with Gasteiger partial charge in [0.15, 0.2) is 6.61 Å². The first-order chi connectivity index (χ1) is 15.0. The van der Waals surface area contributed by atoms with Crippen LogP contribution in [-0.2, 0) is 22.4 Å². The molecule has 0 unspecified atom stereocenters. The smallest absolute Gasteiger partial charge is 0.342 e. The molecule has 4 rings (SSSR count). The third-order valence-corrected chi connectivity index (χ3v) is 5.87. The molecule has 1 aliphatic rings. The van der Waals surface area contributed by atoms with E-state index in [1.54, 1.807) is 12.1 Å². The fraction of sp³-hybridized carbons (Fsp3) is 0.308. The van der Waals surface area contributed by atoms with Crippen LogP contribution in [0.3, 0.4) is 0 Å². The quantitative estimate of drug-likeness (QED) is 0.587. The van der Waals surface area contributed by atoms with E-state index in [4.69, 9.17) is 9.47 Å². The number of hydrogen-bond acceptors (Lipinski definition) is 4. The Morgan fingerprint density at radius 2 is 1.68 bits per heavy atom. The van der Waals surface area contributed by atoms with Gasteiger partial charge in [-0.2, -0.15) is 0 Å². The Labute approximate surface area is 182 Å². The van der Waals surface area contributed by atoms with Gasteiger partial charge in [-0.3, -0.25) is 4.79 Å². The molecule has 1 atom stereocenters. The van der Waals surface area contributed by atoms with Gasteiger partial charge in [-0.1, -0.05) is 42.5 Å². The summed E-state index contributed by atoms with van der Waals surface area (Å²) in [5.74, 6) is -0.496. The monoisotopic (exact) mass is 417 g/mol. The fourth-order valence-corrected chi connectivity index (χ4v) is 4.15. The second kappa shape index (κ2) is 9.21. The minimum absolute atomic E-state index is 0.159. The molecule has 160 valence electrons. The molecular weight excluding hydrogens is 390 g/mol. The number of fused-ring (bicyclic) bond motifs is 2. The van der Waals surface area contributed by atoms with Crippen LogP contribution in [0.15, 0.2) is 54.6 Å². The molecular formula is C26H27NO4. The number of hydrogen-bond donors (Lipinski definition) is 1. The molecule has 1 amide bonds. The molecule has 0 radical (unpaired) electrons. The third-order valence-electron chi connectivity index (χ3n) is 5.87. The van der Waals surface area contributed by atoms with Crippen LogP contribution in [0.25, 0.3) is 10.8 Å². The van der Waals surface area contributed by atoms with Crippen molar-refractivity contribution in [2.45, 2.75) is 38.6 Å². The molecule has 31 heavy (non-hydrogen) atoms. The summed E-state index contributed by atoms with van der Waals surface area (Å²) in [6, 6.07) is 17.5. The number of carbonyl (C=O) groups excluding carboxylic acids is 2. The van der Waals surface area contributed by atoms with Gasteiger partial charge in [0.25, 0.3) is 5.91 Å². The van der Waals surface area contributed by atoms with Gasteiger partial charge in [-0.05, 0) is 72.2 Å². The lowest BCUT2D eigenvalue weighted by molar-refractivity contribution is -0.124.